The first kappa shape index (κ1) is 16.5. The highest BCUT2D eigenvalue weighted by atomic mass is 32.2. The van der Waals surface area contributed by atoms with Crippen LogP contribution < -0.4 is 5.32 Å². The molecule has 1 aromatic rings. The highest BCUT2D eigenvalue weighted by Gasteiger charge is 2.19. The molecule has 1 radical (unpaired) electrons. The van der Waals surface area contributed by atoms with E-state index in [1.807, 2.05) is 30.3 Å². The molecule has 1 atom stereocenters. The molecule has 20 heavy (non-hydrogen) atoms. The van der Waals surface area contributed by atoms with E-state index in [0.29, 0.717) is 6.42 Å². The van der Waals surface area contributed by atoms with Crippen molar-refractivity contribution in [3.63, 3.8) is 0 Å². The highest BCUT2D eigenvalue weighted by molar-refractivity contribution is 7.85. The summed E-state index contributed by atoms with van der Waals surface area (Å²) >= 11 is 0. The largest absolute Gasteiger partial charge is 0.445 e. The van der Waals surface area contributed by atoms with Crippen molar-refractivity contribution in [1.29, 1.82) is 0 Å². The van der Waals surface area contributed by atoms with Crippen LogP contribution in [0.3, 0.4) is 0 Å². The van der Waals surface area contributed by atoms with Gasteiger partial charge in [-0.25, -0.2) is 4.79 Å². The lowest BCUT2D eigenvalue weighted by atomic mass is 10.2. The van der Waals surface area contributed by atoms with Gasteiger partial charge in [-0.2, -0.15) is 8.42 Å². The number of ether oxygens (including phenoxy) is 1. The fourth-order valence-corrected chi connectivity index (χ4v) is 2.37. The maximum atomic E-state index is 11.6. The van der Waals surface area contributed by atoms with E-state index in [9.17, 15) is 13.2 Å². The van der Waals surface area contributed by atoms with E-state index >= 15 is 0 Å². The Bertz CT molecular complexity index is 515. The molecule has 0 fully saturated rings. The van der Waals surface area contributed by atoms with Crippen LogP contribution in [0, 0.1) is 6.42 Å². The minimum absolute atomic E-state index is 0.0983. The number of hydrogen-bond acceptors (Lipinski definition) is 4. The lowest BCUT2D eigenvalue weighted by molar-refractivity contribution is 0.136. The summed E-state index contributed by atoms with van der Waals surface area (Å²) < 4.78 is 35.4. The monoisotopic (exact) mass is 300 g/mol. The molecule has 0 aliphatic heterocycles. The zero-order valence-corrected chi connectivity index (χ0v) is 12.0. The zero-order chi connectivity index (χ0) is 15.0. The average molecular weight is 300 g/mol. The van der Waals surface area contributed by atoms with E-state index in [4.69, 9.17) is 9.29 Å². The minimum atomic E-state index is -4.15. The van der Waals surface area contributed by atoms with E-state index in [0.717, 1.165) is 5.56 Å². The molecule has 7 heteroatoms. The second-order valence-electron chi connectivity index (χ2n) is 4.30. The second-order valence-corrected chi connectivity index (χ2v) is 5.79. The molecule has 0 bridgehead atoms. The van der Waals surface area contributed by atoms with Gasteiger partial charge in [-0.15, -0.1) is 0 Å². The Morgan fingerprint density at radius 1 is 1.40 bits per heavy atom. The molecule has 2 N–H and O–H groups in total. The van der Waals surface area contributed by atoms with Gasteiger partial charge in [0.05, 0.1) is 5.75 Å². The van der Waals surface area contributed by atoms with Gasteiger partial charge in [-0.1, -0.05) is 37.3 Å². The molecular formula is C13H18NO5S. The Morgan fingerprint density at radius 3 is 2.60 bits per heavy atom. The highest BCUT2D eigenvalue weighted by Crippen LogP contribution is 2.03. The van der Waals surface area contributed by atoms with Crippen LogP contribution in [0.15, 0.2) is 30.3 Å². The van der Waals surface area contributed by atoms with Gasteiger partial charge in [0.2, 0.25) is 0 Å². The molecule has 0 spiro atoms. The first-order chi connectivity index (χ1) is 9.40. The van der Waals surface area contributed by atoms with Crippen LogP contribution in [-0.2, 0) is 21.5 Å². The maximum Gasteiger partial charge on any atom is 0.407 e. The van der Waals surface area contributed by atoms with Gasteiger partial charge in [0, 0.05) is 6.04 Å². The molecule has 6 nitrogen and oxygen atoms in total. The van der Waals surface area contributed by atoms with Gasteiger partial charge in [-0.3, -0.25) is 4.55 Å². The van der Waals surface area contributed by atoms with E-state index in [-0.39, 0.29) is 6.61 Å². The van der Waals surface area contributed by atoms with Gasteiger partial charge in [-0.05, 0) is 18.4 Å². The van der Waals surface area contributed by atoms with Crippen LogP contribution >= 0.6 is 0 Å². The number of amides is 1. The lowest BCUT2D eigenvalue weighted by Gasteiger charge is -2.16. The summed E-state index contributed by atoms with van der Waals surface area (Å²) in [6, 6.07) is 8.40. The van der Waals surface area contributed by atoms with Crippen LogP contribution in [0.5, 0.6) is 0 Å². The number of alkyl carbamates (subject to hydrolysis) is 1. The van der Waals surface area contributed by atoms with Crippen LogP contribution in [-0.4, -0.2) is 30.9 Å². The summed E-state index contributed by atoms with van der Waals surface area (Å²) in [6.07, 6.45) is 1.30. The second kappa shape index (κ2) is 7.86. The van der Waals surface area contributed by atoms with E-state index in [2.05, 4.69) is 5.32 Å². The number of hydrogen-bond donors (Lipinski definition) is 2. The average Bonchev–Trinajstić information content (AvgIpc) is 2.36. The molecule has 111 valence electrons. The fourth-order valence-electron chi connectivity index (χ4n) is 1.64. The Balaban J connectivity index is 2.45. The molecule has 0 saturated heterocycles. The van der Waals surface area contributed by atoms with Crippen LogP contribution in [0.4, 0.5) is 4.79 Å². The summed E-state index contributed by atoms with van der Waals surface area (Å²) in [5, 5.41) is 2.41. The van der Waals surface area contributed by atoms with Crippen molar-refractivity contribution in [2.24, 2.45) is 0 Å². The van der Waals surface area contributed by atoms with Crippen molar-refractivity contribution in [3.8, 4) is 0 Å². The predicted molar refractivity (Wildman–Crippen MR) is 74.6 cm³/mol. The van der Waals surface area contributed by atoms with Gasteiger partial charge in [0.15, 0.2) is 0 Å². The van der Waals surface area contributed by atoms with Gasteiger partial charge < -0.3 is 10.1 Å². The molecule has 1 rings (SSSR count). The Kier molecular flexibility index (Phi) is 6.47. The van der Waals surface area contributed by atoms with Crippen molar-refractivity contribution in [2.45, 2.75) is 26.0 Å². The topological polar surface area (TPSA) is 92.7 Å². The summed E-state index contributed by atoms with van der Waals surface area (Å²) in [5.74, 6) is -0.544. The number of rotatable bonds is 7. The summed E-state index contributed by atoms with van der Waals surface area (Å²) in [4.78, 5) is 11.6. The SMILES string of the molecule is C[CH]CC(CS(=O)(=O)O)NC(=O)OCc1ccccc1. The zero-order valence-electron chi connectivity index (χ0n) is 11.2. The molecule has 0 aliphatic rings. The fraction of sp³-hybridized carbons (Fsp3) is 0.385. The first-order valence-corrected chi connectivity index (χ1v) is 7.72. The standard InChI is InChI=1S/C13H18NO5S/c1-2-6-12(10-20(16,17)18)14-13(15)19-9-11-7-4-3-5-8-11/h2-5,7-8,12H,6,9-10H2,1H3,(H,14,15)(H,16,17,18). The third-order valence-corrected chi connectivity index (χ3v) is 3.29. The molecular weight excluding hydrogens is 282 g/mol. The molecule has 1 unspecified atom stereocenters. The molecule has 1 aromatic carbocycles. The smallest absolute Gasteiger partial charge is 0.407 e. The molecule has 1 amide bonds. The van der Waals surface area contributed by atoms with E-state index in [1.165, 1.54) is 0 Å². The van der Waals surface area contributed by atoms with Crippen LogP contribution in [0.25, 0.3) is 0 Å². The van der Waals surface area contributed by atoms with Crippen molar-refractivity contribution >= 4 is 16.2 Å². The van der Waals surface area contributed by atoms with E-state index in [1.54, 1.807) is 13.3 Å². The normalized spacial score (nSPS) is 12.7. The predicted octanol–water partition coefficient (Wildman–Crippen LogP) is 1.78. The third kappa shape index (κ3) is 7.10. The van der Waals surface area contributed by atoms with Crippen LogP contribution in [0.1, 0.15) is 18.9 Å². The molecule has 0 saturated carbocycles. The maximum absolute atomic E-state index is 11.6. The summed E-state index contributed by atoms with van der Waals surface area (Å²) in [5.41, 5.74) is 0.830. The molecule has 0 heterocycles. The summed E-state index contributed by atoms with van der Waals surface area (Å²) in [6.45, 7) is 1.83. The number of benzene rings is 1. The number of carbonyl (C=O) groups is 1. The number of nitrogens with one attached hydrogen (secondary N) is 1. The van der Waals surface area contributed by atoms with Crippen molar-refractivity contribution in [2.75, 3.05) is 5.75 Å². The van der Waals surface area contributed by atoms with Gasteiger partial charge in [0.25, 0.3) is 10.1 Å². The van der Waals surface area contributed by atoms with Crippen molar-refractivity contribution in [1.82, 2.24) is 5.32 Å². The molecule has 0 aromatic heterocycles. The first-order valence-electron chi connectivity index (χ1n) is 6.11. The summed E-state index contributed by atoms with van der Waals surface area (Å²) in [7, 11) is -4.15. The van der Waals surface area contributed by atoms with E-state index < -0.39 is 28.0 Å². The van der Waals surface area contributed by atoms with Gasteiger partial charge in [0.1, 0.15) is 6.61 Å². The van der Waals surface area contributed by atoms with Crippen molar-refractivity contribution < 1.29 is 22.5 Å². The Hall–Kier alpha value is -1.60. The third-order valence-electron chi connectivity index (χ3n) is 2.47. The quantitative estimate of drug-likeness (QED) is 0.749. The minimum Gasteiger partial charge on any atom is -0.445 e. The lowest BCUT2D eigenvalue weighted by Crippen LogP contribution is -2.40. The van der Waals surface area contributed by atoms with Gasteiger partial charge >= 0.3 is 6.09 Å². The van der Waals surface area contributed by atoms with Crippen molar-refractivity contribution in [3.05, 3.63) is 42.3 Å². The van der Waals surface area contributed by atoms with Crippen LogP contribution in [0.2, 0.25) is 0 Å². The number of carbonyl (C=O) groups excluding carboxylic acids is 1. The Morgan fingerprint density at radius 2 is 2.05 bits per heavy atom. The molecule has 0 aliphatic carbocycles. The Labute approximate surface area is 118 Å².